The lowest BCUT2D eigenvalue weighted by atomic mass is 10.7. The number of rotatable bonds is 1. The molecular weight excluding hydrogens is 130 g/mol. The van der Waals surface area contributed by atoms with Crippen LogP contribution in [0, 0.1) is 11.3 Å². The van der Waals surface area contributed by atoms with Gasteiger partial charge in [-0.25, -0.2) is 0 Å². The van der Waals surface area contributed by atoms with Crippen LogP contribution in [0.15, 0.2) is 0 Å². The summed E-state index contributed by atoms with van der Waals surface area (Å²) in [7, 11) is 4.28. The molecule has 0 spiro atoms. The van der Waals surface area contributed by atoms with E-state index in [1.54, 1.807) is 0 Å². The third-order valence-electron chi connectivity index (χ3n) is 0.707. The second-order valence-electron chi connectivity index (χ2n) is 1.62. The summed E-state index contributed by atoms with van der Waals surface area (Å²) in [6.45, 7) is 3.38. The zero-order valence-corrected chi connectivity index (χ0v) is 6.16. The highest BCUT2D eigenvalue weighted by atomic mass is 35.6. The fraction of sp³-hybridized carbons (Fsp3) is 1.00. The normalized spacial score (nSPS) is 8.25. The van der Waals surface area contributed by atoms with Crippen LogP contribution in [-0.4, -0.2) is 20.6 Å². The zero-order valence-electron chi connectivity index (χ0n) is 5.40. The van der Waals surface area contributed by atoms with E-state index in [9.17, 15) is 0 Å². The molecule has 0 saturated carbocycles. The first-order valence-electron chi connectivity index (χ1n) is 2.37. The first kappa shape index (κ1) is 11.0. The maximum Gasteiger partial charge on any atom is 0.0878 e. The molecule has 0 amide bonds. The van der Waals surface area contributed by atoms with E-state index in [2.05, 4.69) is 21.0 Å². The van der Waals surface area contributed by atoms with E-state index in [1.807, 2.05) is 0 Å². The second kappa shape index (κ2) is 10.2. The van der Waals surface area contributed by atoms with Crippen molar-refractivity contribution in [1.29, 1.82) is 0 Å². The van der Waals surface area contributed by atoms with Crippen molar-refractivity contribution in [3.63, 3.8) is 0 Å². The van der Waals surface area contributed by atoms with E-state index in [4.69, 9.17) is 9.32 Å². The first-order valence-corrected chi connectivity index (χ1v) is 2.99. The molecule has 0 aromatic rings. The lowest BCUT2D eigenvalue weighted by molar-refractivity contribution is -1.41. The third kappa shape index (κ3) is 35.0. The molecule has 0 aliphatic heterocycles. The molecule has 4 heteroatoms. The number of quaternary nitrogens is 1. The van der Waals surface area contributed by atoms with Gasteiger partial charge in [-0.05, 0) is 6.92 Å². The predicted octanol–water partition coefficient (Wildman–Crippen LogP) is -3.23. The van der Waals surface area contributed by atoms with E-state index in [-0.39, 0.29) is 0 Å². The Morgan fingerprint density at radius 1 is 1.38 bits per heavy atom. The molecule has 0 radical (unpaired) electrons. The van der Waals surface area contributed by atoms with Crippen molar-refractivity contribution in [2.75, 3.05) is 20.6 Å². The molecule has 0 saturated heterocycles. The van der Waals surface area contributed by atoms with Gasteiger partial charge in [0.15, 0.2) is 0 Å². The fourth-order valence-corrected chi connectivity index (χ4v) is 0. The van der Waals surface area contributed by atoms with Crippen molar-refractivity contribution < 1.29 is 25.5 Å². The van der Waals surface area contributed by atoms with E-state index in [1.165, 1.54) is 11.4 Å². The zero-order chi connectivity index (χ0) is 6.99. The Labute approximate surface area is 54.0 Å². The average Bonchev–Trinajstić information content (AvgIpc) is 1.69. The summed E-state index contributed by atoms with van der Waals surface area (Å²) < 4.78 is 16.5. The average molecular weight is 142 g/mol. The van der Waals surface area contributed by atoms with E-state index >= 15 is 0 Å². The molecule has 0 atom stereocenters. The molecule has 0 aliphatic carbocycles. The van der Waals surface area contributed by atoms with Gasteiger partial charge in [0.25, 0.3) is 0 Å². The molecule has 0 bridgehead atoms. The Kier molecular flexibility index (Phi) is 14.1. The summed E-state index contributed by atoms with van der Waals surface area (Å²) in [5.74, 6) is 0. The lowest BCUT2D eigenvalue weighted by Crippen LogP contribution is -3.05. The van der Waals surface area contributed by atoms with Crippen molar-refractivity contribution >= 4 is 0 Å². The minimum absolute atomic E-state index is 0.417. The Bertz CT molecular complexity index is 35.2. The molecule has 52 valence electrons. The molecular formula is C4H12ClNO2. The summed E-state index contributed by atoms with van der Waals surface area (Å²) in [5, 5.41) is 0. The van der Waals surface area contributed by atoms with Gasteiger partial charge in [0.05, 0.1) is 32.0 Å². The van der Waals surface area contributed by atoms with Gasteiger partial charge in [0.2, 0.25) is 0 Å². The van der Waals surface area contributed by atoms with Crippen LogP contribution in [0.3, 0.4) is 0 Å². The molecule has 0 aliphatic rings. The molecule has 3 nitrogen and oxygen atoms in total. The van der Waals surface area contributed by atoms with E-state index < -0.39 is 11.3 Å². The summed E-state index contributed by atoms with van der Waals surface area (Å²) in [4.78, 5) is 1.50. The molecule has 0 fully saturated rings. The van der Waals surface area contributed by atoms with Crippen molar-refractivity contribution in [3.8, 4) is 0 Å². The highest BCUT2D eigenvalue weighted by Gasteiger charge is 1.75. The van der Waals surface area contributed by atoms with Gasteiger partial charge in [-0.15, -0.1) is 0 Å². The summed E-state index contributed by atoms with van der Waals surface area (Å²) in [6, 6.07) is 0. The standard InChI is InChI=1S/C4H11N.ClO2/c1-4-5(2)3;2-1-3/h4H2,1-3H3;/q;-1/p+1. The molecule has 0 heterocycles. The molecule has 0 aromatic carbocycles. The van der Waals surface area contributed by atoms with Gasteiger partial charge in [0.1, 0.15) is 0 Å². The van der Waals surface area contributed by atoms with Crippen LogP contribution in [0.2, 0.25) is 0 Å². The topological polar surface area (TPSA) is 50.6 Å². The summed E-state index contributed by atoms with van der Waals surface area (Å²) in [6.07, 6.45) is 0. The first-order chi connectivity index (χ1) is 3.68. The van der Waals surface area contributed by atoms with Crippen LogP contribution in [-0.2, 0) is 0 Å². The van der Waals surface area contributed by atoms with Crippen LogP contribution in [0.4, 0.5) is 0 Å². The highest BCUT2D eigenvalue weighted by molar-refractivity contribution is 3.92. The van der Waals surface area contributed by atoms with Crippen molar-refractivity contribution in [2.24, 2.45) is 0 Å². The maximum absolute atomic E-state index is 8.24. The quantitative estimate of drug-likeness (QED) is 0.418. The van der Waals surface area contributed by atoms with Crippen LogP contribution in [0.5, 0.6) is 0 Å². The van der Waals surface area contributed by atoms with Gasteiger partial charge in [-0.2, -0.15) is 0 Å². The van der Waals surface area contributed by atoms with Crippen molar-refractivity contribution in [2.45, 2.75) is 6.92 Å². The summed E-state index contributed by atoms with van der Waals surface area (Å²) >= 11 is -0.417. The number of nitrogens with one attached hydrogen (secondary N) is 1. The lowest BCUT2D eigenvalue weighted by Gasteiger charge is -1.97. The molecule has 8 heavy (non-hydrogen) atoms. The van der Waals surface area contributed by atoms with Gasteiger partial charge in [0, 0.05) is 0 Å². The number of hydrogen-bond acceptors (Lipinski definition) is 2. The Morgan fingerprint density at radius 2 is 1.50 bits per heavy atom. The Balaban J connectivity index is 0. The Hall–Kier alpha value is 0.170. The van der Waals surface area contributed by atoms with Crippen LogP contribution >= 0.6 is 0 Å². The third-order valence-corrected chi connectivity index (χ3v) is 0.707. The SMILES string of the molecule is CC[NH+](C)C.[O-][Cl+][O-]. The van der Waals surface area contributed by atoms with Crippen LogP contribution < -0.4 is 14.2 Å². The maximum atomic E-state index is 8.24. The minimum Gasteiger partial charge on any atom is -0.544 e. The monoisotopic (exact) mass is 141 g/mol. The second-order valence-corrected chi connectivity index (χ2v) is 1.75. The van der Waals surface area contributed by atoms with E-state index in [0.717, 1.165) is 0 Å². The molecule has 0 unspecified atom stereocenters. The predicted molar refractivity (Wildman–Crippen MR) is 23.4 cm³/mol. The van der Waals surface area contributed by atoms with Gasteiger partial charge in [-0.1, -0.05) is 0 Å². The highest BCUT2D eigenvalue weighted by Crippen LogP contribution is 1.25. The van der Waals surface area contributed by atoms with Crippen LogP contribution in [0.25, 0.3) is 0 Å². The largest absolute Gasteiger partial charge is 0.544 e. The fourth-order valence-electron chi connectivity index (χ4n) is 0. The van der Waals surface area contributed by atoms with Crippen molar-refractivity contribution in [1.82, 2.24) is 0 Å². The molecule has 0 aromatic heterocycles. The van der Waals surface area contributed by atoms with E-state index in [0.29, 0.717) is 0 Å². The Morgan fingerprint density at radius 3 is 1.50 bits per heavy atom. The summed E-state index contributed by atoms with van der Waals surface area (Å²) in [5.41, 5.74) is 0. The van der Waals surface area contributed by atoms with Gasteiger partial charge < -0.3 is 14.2 Å². The van der Waals surface area contributed by atoms with Gasteiger partial charge in [-0.3, -0.25) is 0 Å². The smallest absolute Gasteiger partial charge is 0.0878 e. The minimum atomic E-state index is -0.417. The van der Waals surface area contributed by atoms with Gasteiger partial charge >= 0.3 is 0 Å². The molecule has 0 rings (SSSR count). The number of hydrogen-bond donors (Lipinski definition) is 1. The van der Waals surface area contributed by atoms with Crippen LogP contribution in [0.1, 0.15) is 6.92 Å². The van der Waals surface area contributed by atoms with Crippen molar-refractivity contribution in [3.05, 3.63) is 0 Å². The number of halogens is 1. The molecule has 1 N–H and O–H groups in total.